The molecular weight excluding hydrogens is 428 g/mol. The van der Waals surface area contributed by atoms with E-state index in [2.05, 4.69) is 13.8 Å². The normalized spacial score (nSPS) is 40.1. The van der Waals surface area contributed by atoms with E-state index in [1.54, 1.807) is 12.2 Å². The van der Waals surface area contributed by atoms with Crippen molar-refractivity contribution < 1.29 is 14.5 Å². The molecule has 0 bridgehead atoms. The number of halogens is 1. The molecule has 0 heterocycles. The van der Waals surface area contributed by atoms with Gasteiger partial charge in [-0.3, -0.25) is 4.79 Å². The summed E-state index contributed by atoms with van der Waals surface area (Å²) < 4.78 is 12.8. The lowest BCUT2D eigenvalue weighted by Gasteiger charge is -2.53. The van der Waals surface area contributed by atoms with Crippen LogP contribution in [0.15, 0.2) is 65.5 Å². The number of allylic oxidation sites excluding steroid dienone is 6. The van der Waals surface area contributed by atoms with Crippen LogP contribution in [0.4, 0.5) is 0 Å². The average Bonchev–Trinajstić information content (AvgIpc) is 3.00. The largest absolute Gasteiger partial charge is 0.615 e. The maximum absolute atomic E-state index is 13.6. The molecule has 6 atom stereocenters. The number of fused-ring (bicyclic) bond motifs is 5. The number of carbonyl (C=O) groups excluding carboxylic acids is 1. The first-order valence-electron chi connectivity index (χ1n) is 11.2. The van der Waals surface area contributed by atoms with Gasteiger partial charge < -0.3 is 9.66 Å². The van der Waals surface area contributed by atoms with Gasteiger partial charge in [0, 0.05) is 29.2 Å². The third-order valence-corrected chi connectivity index (χ3v) is 11.6. The number of alkyl halides is 1. The van der Waals surface area contributed by atoms with Crippen LogP contribution in [-0.4, -0.2) is 19.6 Å². The van der Waals surface area contributed by atoms with Crippen LogP contribution in [0.1, 0.15) is 51.5 Å². The van der Waals surface area contributed by atoms with Gasteiger partial charge in [0.05, 0.1) is 5.76 Å². The molecule has 5 heteroatoms. The first-order valence-corrected chi connectivity index (χ1v) is 12.9. The molecule has 4 aliphatic rings. The summed E-state index contributed by atoms with van der Waals surface area (Å²) in [6.45, 7) is 4.26. The van der Waals surface area contributed by atoms with Crippen LogP contribution in [-0.2, 0) is 21.7 Å². The second-order valence-corrected chi connectivity index (χ2v) is 12.6. The predicted molar refractivity (Wildman–Crippen MR) is 125 cm³/mol. The molecule has 0 saturated heterocycles. The molecule has 3 nitrogen and oxygen atoms in total. The number of aliphatic hydroxyl groups excluding tert-OH is 1. The minimum Gasteiger partial charge on any atom is -0.615 e. The third kappa shape index (κ3) is 3.02. The fraction of sp³-hybridized carbons (Fsp3) is 0.500. The lowest BCUT2D eigenvalue weighted by atomic mass is 9.52. The van der Waals surface area contributed by atoms with Crippen LogP contribution < -0.4 is 0 Å². The Morgan fingerprint density at radius 1 is 1.23 bits per heavy atom. The second-order valence-electron chi connectivity index (χ2n) is 10.1. The van der Waals surface area contributed by atoms with Crippen LogP contribution in [0.2, 0.25) is 0 Å². The molecule has 2 fully saturated rings. The molecule has 2 saturated carbocycles. The maximum Gasteiger partial charge on any atom is 0.204 e. The number of ketones is 1. The summed E-state index contributed by atoms with van der Waals surface area (Å²) in [5, 5.41) is 11.4. The topological polar surface area (TPSA) is 60.4 Å². The van der Waals surface area contributed by atoms with Crippen molar-refractivity contribution in [3.05, 3.63) is 71.0 Å². The van der Waals surface area contributed by atoms with E-state index in [1.165, 1.54) is 0 Å². The Labute approximate surface area is 192 Å². The quantitative estimate of drug-likeness (QED) is 0.449. The molecule has 1 aromatic rings. The van der Waals surface area contributed by atoms with Gasteiger partial charge in [-0.05, 0) is 66.9 Å². The Morgan fingerprint density at radius 2 is 1.97 bits per heavy atom. The van der Waals surface area contributed by atoms with E-state index >= 15 is 0 Å². The lowest BCUT2D eigenvalue weighted by Crippen LogP contribution is -2.52. The zero-order valence-electron chi connectivity index (χ0n) is 18.1. The minimum absolute atomic E-state index is 0.0311. The molecule has 1 N–H and O–H groups in total. The fourth-order valence-electron chi connectivity index (χ4n) is 6.86. The van der Waals surface area contributed by atoms with E-state index < -0.39 is 26.2 Å². The molecule has 1 aromatic carbocycles. The SMILES string of the molecule is C[C@]12C=CC(=O)C=C1CC[C@@H]1C2=C(O)C[C@@]2(C)[C@@H]1CC[C@]2(Cl)[S@+]([O-])Cc1ccccc1. The fourth-order valence-corrected chi connectivity index (χ4v) is 9.16. The van der Waals surface area contributed by atoms with Crippen molar-refractivity contribution in [1.29, 1.82) is 0 Å². The summed E-state index contributed by atoms with van der Waals surface area (Å²) in [6, 6.07) is 9.88. The molecule has 4 aliphatic carbocycles. The van der Waals surface area contributed by atoms with Crippen molar-refractivity contribution >= 4 is 28.6 Å². The van der Waals surface area contributed by atoms with Crippen molar-refractivity contribution in [2.24, 2.45) is 22.7 Å². The van der Waals surface area contributed by atoms with E-state index in [0.717, 1.165) is 36.0 Å². The van der Waals surface area contributed by atoms with Gasteiger partial charge in [0.2, 0.25) is 4.21 Å². The monoisotopic (exact) mass is 456 g/mol. The highest BCUT2D eigenvalue weighted by Gasteiger charge is 2.68. The van der Waals surface area contributed by atoms with E-state index in [0.29, 0.717) is 24.4 Å². The number of hydrogen-bond donors (Lipinski definition) is 1. The first-order chi connectivity index (χ1) is 14.7. The molecule has 0 aromatic heterocycles. The summed E-state index contributed by atoms with van der Waals surface area (Å²) in [5.74, 6) is 1.33. The van der Waals surface area contributed by atoms with E-state index in [9.17, 15) is 14.5 Å². The molecule has 0 unspecified atom stereocenters. The molecule has 0 radical (unpaired) electrons. The van der Waals surface area contributed by atoms with Crippen LogP contribution >= 0.6 is 11.6 Å². The molecule has 0 aliphatic heterocycles. The average molecular weight is 457 g/mol. The van der Waals surface area contributed by atoms with Crippen molar-refractivity contribution in [1.82, 2.24) is 0 Å². The van der Waals surface area contributed by atoms with Crippen molar-refractivity contribution in [3.63, 3.8) is 0 Å². The first kappa shape index (κ1) is 21.4. The van der Waals surface area contributed by atoms with Gasteiger partial charge >= 0.3 is 0 Å². The van der Waals surface area contributed by atoms with Crippen molar-refractivity contribution in [2.45, 2.75) is 55.9 Å². The summed E-state index contributed by atoms with van der Waals surface area (Å²) in [5.41, 5.74) is 2.36. The van der Waals surface area contributed by atoms with Gasteiger partial charge in [0.25, 0.3) is 0 Å². The Hall–Kier alpha value is -1.49. The second kappa shape index (κ2) is 7.26. The van der Waals surface area contributed by atoms with Gasteiger partial charge in [-0.15, -0.1) is 0 Å². The van der Waals surface area contributed by atoms with Gasteiger partial charge in [-0.1, -0.05) is 60.5 Å². The highest BCUT2D eigenvalue weighted by atomic mass is 35.5. The van der Waals surface area contributed by atoms with Crippen molar-refractivity contribution in [2.75, 3.05) is 0 Å². The van der Waals surface area contributed by atoms with Crippen LogP contribution in [0.5, 0.6) is 0 Å². The molecule has 5 rings (SSSR count). The standard InChI is InChI=1S/C26H29ClO3S/c1-24-12-10-19(28)14-18(24)8-9-20-21-11-13-26(27,25(21,2)15-22(29)23(20)24)31(30)16-17-6-4-3-5-7-17/h3-7,10,12,14,20-21,29H,8-9,11,13,15-16H2,1-2H3/t20-,21+,24-,25-,26-,31+/m0/s1. The van der Waals surface area contributed by atoms with Gasteiger partial charge in [-0.25, -0.2) is 0 Å². The van der Waals surface area contributed by atoms with Gasteiger partial charge in [0.1, 0.15) is 5.75 Å². The maximum atomic E-state index is 13.6. The minimum atomic E-state index is -1.26. The Balaban J connectivity index is 1.51. The summed E-state index contributed by atoms with van der Waals surface area (Å²) >= 11 is 6.01. The predicted octanol–water partition coefficient (Wildman–Crippen LogP) is 5.98. The highest BCUT2D eigenvalue weighted by Crippen LogP contribution is 2.69. The number of benzene rings is 1. The summed E-state index contributed by atoms with van der Waals surface area (Å²) in [6.07, 6.45) is 9.16. The highest BCUT2D eigenvalue weighted by molar-refractivity contribution is 7.93. The number of carbonyl (C=O) groups is 1. The number of aliphatic hydroxyl groups is 1. The van der Waals surface area contributed by atoms with Crippen LogP contribution in [0.25, 0.3) is 0 Å². The van der Waals surface area contributed by atoms with E-state index in [1.807, 2.05) is 36.4 Å². The van der Waals surface area contributed by atoms with Crippen molar-refractivity contribution in [3.8, 4) is 0 Å². The third-order valence-electron chi connectivity index (χ3n) is 8.50. The van der Waals surface area contributed by atoms with E-state index in [4.69, 9.17) is 11.6 Å². The van der Waals surface area contributed by atoms with Gasteiger partial charge in [-0.2, -0.15) is 0 Å². The smallest absolute Gasteiger partial charge is 0.204 e. The van der Waals surface area contributed by atoms with Gasteiger partial charge in [0.15, 0.2) is 5.78 Å². The number of rotatable bonds is 3. The molecule has 164 valence electrons. The zero-order chi connectivity index (χ0) is 22.0. The molecule has 0 amide bonds. The Morgan fingerprint density at radius 3 is 2.71 bits per heavy atom. The Bertz CT molecular complexity index is 1010. The van der Waals surface area contributed by atoms with E-state index in [-0.39, 0.29) is 17.6 Å². The molecule has 0 spiro atoms. The van der Waals surface area contributed by atoms with Crippen LogP contribution in [0, 0.1) is 22.7 Å². The summed E-state index contributed by atoms with van der Waals surface area (Å²) in [7, 11) is 0. The Kier molecular flexibility index (Phi) is 5.00. The van der Waals surface area contributed by atoms with Crippen LogP contribution in [0.3, 0.4) is 0 Å². The summed E-state index contributed by atoms with van der Waals surface area (Å²) in [4.78, 5) is 12.0. The molecular formula is C26H29ClO3S. The lowest BCUT2D eigenvalue weighted by molar-refractivity contribution is -0.110. The zero-order valence-corrected chi connectivity index (χ0v) is 19.6. The molecule has 31 heavy (non-hydrogen) atoms. The number of hydrogen-bond acceptors (Lipinski definition) is 3.